The number of nitrogens with one attached hydrogen (secondary N) is 1. The van der Waals surface area contributed by atoms with E-state index in [0.29, 0.717) is 0 Å². The van der Waals surface area contributed by atoms with Crippen molar-refractivity contribution in [2.24, 2.45) is 0 Å². The summed E-state index contributed by atoms with van der Waals surface area (Å²) < 4.78 is 13.0. The maximum Gasteiger partial charge on any atom is 0.337 e. The van der Waals surface area contributed by atoms with Gasteiger partial charge in [0.2, 0.25) is 5.82 Å². The minimum absolute atomic E-state index is 0.161. The summed E-state index contributed by atoms with van der Waals surface area (Å²) in [7, 11) is 0. The van der Waals surface area contributed by atoms with Gasteiger partial charge in [-0.25, -0.2) is 14.2 Å². The lowest BCUT2D eigenvalue weighted by Gasteiger charge is -2.06. The number of pyridine rings is 1. The molecular formula is C12H8FN3O4. The molecule has 7 nitrogen and oxygen atoms in total. The summed E-state index contributed by atoms with van der Waals surface area (Å²) in [4.78, 5) is 24.6. The number of carbonyl (C=O) groups is 1. The van der Waals surface area contributed by atoms with E-state index in [1.807, 2.05) is 0 Å². The van der Waals surface area contributed by atoms with Crippen molar-refractivity contribution < 1.29 is 19.2 Å². The second-order valence-corrected chi connectivity index (χ2v) is 3.79. The van der Waals surface area contributed by atoms with Gasteiger partial charge in [-0.1, -0.05) is 6.07 Å². The lowest BCUT2D eigenvalue weighted by molar-refractivity contribution is -0.384. The minimum Gasteiger partial charge on any atom is -0.478 e. The van der Waals surface area contributed by atoms with Crippen molar-refractivity contribution in [3.63, 3.8) is 0 Å². The molecule has 2 N–H and O–H groups in total. The third-order valence-electron chi connectivity index (χ3n) is 2.40. The van der Waals surface area contributed by atoms with E-state index in [2.05, 4.69) is 10.3 Å². The van der Waals surface area contributed by atoms with E-state index in [0.717, 1.165) is 18.3 Å². The molecule has 0 bridgehead atoms. The van der Waals surface area contributed by atoms with Gasteiger partial charge in [-0.3, -0.25) is 10.1 Å². The normalized spacial score (nSPS) is 10.1. The van der Waals surface area contributed by atoms with Crippen LogP contribution in [0.2, 0.25) is 0 Å². The first-order valence-electron chi connectivity index (χ1n) is 5.37. The van der Waals surface area contributed by atoms with Crippen molar-refractivity contribution in [3.05, 3.63) is 58.0 Å². The molecule has 0 spiro atoms. The van der Waals surface area contributed by atoms with Crippen LogP contribution in [0.5, 0.6) is 0 Å². The zero-order chi connectivity index (χ0) is 14.7. The smallest absolute Gasteiger partial charge is 0.337 e. The quantitative estimate of drug-likeness (QED) is 0.657. The molecule has 0 aliphatic rings. The Labute approximate surface area is 111 Å². The Morgan fingerprint density at radius 3 is 2.75 bits per heavy atom. The number of halogens is 1. The molecule has 0 saturated heterocycles. The van der Waals surface area contributed by atoms with Gasteiger partial charge in [-0.15, -0.1) is 0 Å². The molecule has 0 saturated carbocycles. The second kappa shape index (κ2) is 5.31. The molecule has 0 amide bonds. The first-order valence-corrected chi connectivity index (χ1v) is 5.37. The van der Waals surface area contributed by atoms with E-state index < -0.39 is 22.4 Å². The van der Waals surface area contributed by atoms with E-state index in [-0.39, 0.29) is 17.1 Å². The summed E-state index contributed by atoms with van der Waals surface area (Å²) in [5, 5.41) is 22.3. The van der Waals surface area contributed by atoms with Gasteiger partial charge < -0.3 is 10.4 Å². The third-order valence-corrected chi connectivity index (χ3v) is 2.40. The summed E-state index contributed by atoms with van der Waals surface area (Å²) in [6.45, 7) is 0. The highest BCUT2D eigenvalue weighted by Gasteiger charge is 2.19. The Bertz CT molecular complexity index is 690. The molecule has 0 aliphatic carbocycles. The molecular weight excluding hydrogens is 269 g/mol. The van der Waals surface area contributed by atoms with Crippen molar-refractivity contribution in [1.29, 1.82) is 0 Å². The van der Waals surface area contributed by atoms with Crippen LogP contribution in [0.1, 0.15) is 10.4 Å². The summed E-state index contributed by atoms with van der Waals surface area (Å²) in [6.07, 6.45) is 0.983. The maximum atomic E-state index is 13.0. The average molecular weight is 277 g/mol. The van der Waals surface area contributed by atoms with E-state index in [9.17, 15) is 19.3 Å². The molecule has 1 aromatic heterocycles. The molecule has 2 aromatic rings. The lowest BCUT2D eigenvalue weighted by atomic mass is 10.2. The first kappa shape index (κ1) is 13.4. The van der Waals surface area contributed by atoms with Gasteiger partial charge >= 0.3 is 11.7 Å². The predicted molar refractivity (Wildman–Crippen MR) is 67.5 cm³/mol. The van der Waals surface area contributed by atoms with Crippen LogP contribution < -0.4 is 5.32 Å². The van der Waals surface area contributed by atoms with Crippen LogP contribution in [0, 0.1) is 15.9 Å². The number of aromatic nitrogens is 1. The summed E-state index contributed by atoms with van der Waals surface area (Å²) in [6, 6.07) is 6.17. The zero-order valence-corrected chi connectivity index (χ0v) is 9.91. The van der Waals surface area contributed by atoms with Crippen LogP contribution >= 0.6 is 0 Å². The van der Waals surface area contributed by atoms with E-state index in [4.69, 9.17) is 5.11 Å². The number of nitro groups is 1. The van der Waals surface area contributed by atoms with Crippen LogP contribution in [-0.2, 0) is 0 Å². The fourth-order valence-electron chi connectivity index (χ4n) is 1.51. The molecule has 0 atom stereocenters. The van der Waals surface area contributed by atoms with E-state index >= 15 is 0 Å². The van der Waals surface area contributed by atoms with Crippen molar-refractivity contribution in [2.75, 3.05) is 5.32 Å². The Kier molecular flexibility index (Phi) is 3.56. The van der Waals surface area contributed by atoms with Crippen LogP contribution in [-0.4, -0.2) is 21.0 Å². The molecule has 0 unspecified atom stereocenters. The minimum atomic E-state index is -1.32. The molecule has 2 rings (SSSR count). The zero-order valence-electron chi connectivity index (χ0n) is 9.91. The van der Waals surface area contributed by atoms with E-state index in [1.165, 1.54) is 18.2 Å². The second-order valence-electron chi connectivity index (χ2n) is 3.79. The molecule has 1 aromatic carbocycles. The number of carboxylic acids is 1. The first-order chi connectivity index (χ1) is 9.47. The number of nitrogens with zero attached hydrogens (tertiary/aromatic N) is 2. The number of anilines is 2. The third kappa shape index (κ3) is 2.86. The van der Waals surface area contributed by atoms with Crippen LogP contribution in [0.15, 0.2) is 36.5 Å². The van der Waals surface area contributed by atoms with Crippen molar-refractivity contribution in [2.45, 2.75) is 0 Å². The summed E-state index contributed by atoms with van der Waals surface area (Å²) in [5.74, 6) is -2.00. The van der Waals surface area contributed by atoms with Gasteiger partial charge in [0.05, 0.1) is 10.5 Å². The standard InChI is InChI=1S/C12H8FN3O4/c13-8-2-1-3-9(5-8)15-11-10(16(19)20)4-7(6-14-11)12(17)18/h1-6H,(H,14,15)(H,17,18). The number of benzene rings is 1. The predicted octanol–water partition coefficient (Wildman–Crippen LogP) is 2.57. The highest BCUT2D eigenvalue weighted by molar-refractivity contribution is 5.89. The van der Waals surface area contributed by atoms with Gasteiger partial charge in [0.1, 0.15) is 5.82 Å². The topological polar surface area (TPSA) is 105 Å². The van der Waals surface area contributed by atoms with Gasteiger partial charge in [0, 0.05) is 18.0 Å². The van der Waals surface area contributed by atoms with E-state index in [1.54, 1.807) is 0 Å². The molecule has 0 aliphatic heterocycles. The Morgan fingerprint density at radius 2 is 2.15 bits per heavy atom. The maximum absolute atomic E-state index is 13.0. The number of hydrogen-bond donors (Lipinski definition) is 2. The molecule has 1 heterocycles. The Hall–Kier alpha value is -3.03. The molecule has 20 heavy (non-hydrogen) atoms. The number of hydrogen-bond acceptors (Lipinski definition) is 5. The Morgan fingerprint density at radius 1 is 1.40 bits per heavy atom. The Balaban J connectivity index is 2.41. The van der Waals surface area contributed by atoms with Gasteiger partial charge in [0.15, 0.2) is 0 Å². The number of carboxylic acid groups (broad SMARTS) is 1. The molecule has 0 fully saturated rings. The van der Waals surface area contributed by atoms with Gasteiger partial charge in [-0.05, 0) is 18.2 Å². The average Bonchev–Trinajstić information content (AvgIpc) is 2.38. The fourth-order valence-corrected chi connectivity index (χ4v) is 1.51. The molecule has 8 heteroatoms. The number of aromatic carboxylic acids is 1. The molecule has 0 radical (unpaired) electrons. The fraction of sp³-hybridized carbons (Fsp3) is 0. The van der Waals surface area contributed by atoms with Crippen LogP contribution in [0.3, 0.4) is 0 Å². The highest BCUT2D eigenvalue weighted by Crippen LogP contribution is 2.26. The SMILES string of the molecule is O=C(O)c1cnc(Nc2cccc(F)c2)c([N+](=O)[O-])c1. The summed E-state index contributed by atoms with van der Waals surface area (Å²) in [5.41, 5.74) is -0.542. The van der Waals surface area contributed by atoms with Crippen LogP contribution in [0.4, 0.5) is 21.6 Å². The van der Waals surface area contributed by atoms with Crippen molar-refractivity contribution in [1.82, 2.24) is 4.98 Å². The van der Waals surface area contributed by atoms with Crippen molar-refractivity contribution in [3.8, 4) is 0 Å². The lowest BCUT2D eigenvalue weighted by Crippen LogP contribution is -2.04. The number of rotatable bonds is 4. The van der Waals surface area contributed by atoms with Crippen LogP contribution in [0.25, 0.3) is 0 Å². The monoisotopic (exact) mass is 277 g/mol. The van der Waals surface area contributed by atoms with Crippen molar-refractivity contribution >= 4 is 23.2 Å². The van der Waals surface area contributed by atoms with Gasteiger partial charge in [0.25, 0.3) is 0 Å². The molecule has 102 valence electrons. The largest absolute Gasteiger partial charge is 0.478 e. The van der Waals surface area contributed by atoms with Gasteiger partial charge in [-0.2, -0.15) is 0 Å². The summed E-state index contributed by atoms with van der Waals surface area (Å²) >= 11 is 0. The highest BCUT2D eigenvalue weighted by atomic mass is 19.1.